The molecule has 1 heterocycles. The van der Waals surface area contributed by atoms with Gasteiger partial charge in [-0.2, -0.15) is 0 Å². The lowest BCUT2D eigenvalue weighted by molar-refractivity contribution is -0.137. The van der Waals surface area contributed by atoms with E-state index in [1.54, 1.807) is 30.2 Å². The van der Waals surface area contributed by atoms with Gasteiger partial charge in [0.05, 0.1) is 39.4 Å². The number of hydrogen-bond acceptors (Lipinski definition) is 8. The highest BCUT2D eigenvalue weighted by Crippen LogP contribution is 2.51. The zero-order valence-electron chi connectivity index (χ0n) is 24.8. The molecule has 4 atom stereocenters. The molecule has 4 N–H and O–H groups in total. The van der Waals surface area contributed by atoms with Crippen LogP contribution in [0.3, 0.4) is 0 Å². The van der Waals surface area contributed by atoms with Gasteiger partial charge in [0.2, 0.25) is 11.8 Å². The topological polar surface area (TPSA) is 138 Å². The average Bonchev–Trinajstić information content (AvgIpc) is 3.42. The Morgan fingerprint density at radius 1 is 1.12 bits per heavy atom. The summed E-state index contributed by atoms with van der Waals surface area (Å²) in [6.07, 6.45) is 4.39. The molecular formula is C33H42N2O8. The van der Waals surface area contributed by atoms with Crippen LogP contribution in [-0.4, -0.2) is 84.2 Å². The minimum Gasteiger partial charge on any atom is -0.496 e. The van der Waals surface area contributed by atoms with Gasteiger partial charge in [-0.05, 0) is 61.1 Å². The van der Waals surface area contributed by atoms with Crippen molar-refractivity contribution in [3.63, 3.8) is 0 Å². The fourth-order valence-corrected chi connectivity index (χ4v) is 5.92. The van der Waals surface area contributed by atoms with Crippen molar-refractivity contribution in [1.82, 2.24) is 10.2 Å². The molecule has 2 aromatic rings. The van der Waals surface area contributed by atoms with E-state index in [1.165, 1.54) is 7.11 Å². The molecule has 0 saturated heterocycles. The summed E-state index contributed by atoms with van der Waals surface area (Å²) in [6.45, 7) is 3.56. The fraction of sp³-hybridized carbons (Fsp3) is 0.455. The Bertz CT molecular complexity index is 1330. The minimum absolute atomic E-state index is 0.0360. The van der Waals surface area contributed by atoms with E-state index >= 15 is 0 Å². The Hall–Kier alpha value is -3.86. The van der Waals surface area contributed by atoms with Crippen LogP contribution in [0.2, 0.25) is 0 Å². The number of methoxy groups -OCH3 is 2. The maximum Gasteiger partial charge on any atom is 0.247 e. The first kappa shape index (κ1) is 32.1. The van der Waals surface area contributed by atoms with Gasteiger partial charge in [-0.25, -0.2) is 0 Å². The van der Waals surface area contributed by atoms with Crippen LogP contribution >= 0.6 is 0 Å². The monoisotopic (exact) mass is 594 g/mol. The van der Waals surface area contributed by atoms with Gasteiger partial charge in [0.25, 0.3) is 0 Å². The van der Waals surface area contributed by atoms with Crippen LogP contribution < -0.4 is 19.5 Å². The molecule has 2 amide bonds. The number of hydrogen-bond donors (Lipinski definition) is 4. The van der Waals surface area contributed by atoms with Crippen molar-refractivity contribution in [1.29, 1.82) is 0 Å². The summed E-state index contributed by atoms with van der Waals surface area (Å²) in [7, 11) is 3.08. The molecule has 2 aromatic carbocycles. The van der Waals surface area contributed by atoms with Crippen LogP contribution in [0.25, 0.3) is 0 Å². The number of para-hydroxylation sites is 1. The molecule has 10 heteroatoms. The molecule has 43 heavy (non-hydrogen) atoms. The van der Waals surface area contributed by atoms with Crippen LogP contribution in [-0.2, 0) is 22.6 Å². The summed E-state index contributed by atoms with van der Waals surface area (Å²) in [5.41, 5.74) is 2.40. The highest BCUT2D eigenvalue weighted by Gasteiger charge is 2.51. The second kappa shape index (κ2) is 15.0. The van der Waals surface area contributed by atoms with Gasteiger partial charge in [0, 0.05) is 30.6 Å². The van der Waals surface area contributed by atoms with Gasteiger partial charge in [0.1, 0.15) is 18.0 Å². The standard InChI is InChI=1S/C33H42N2O8/c1-4-5-6-7-12-28(38)35(15-13-22-10-8-9-11-26(22)41-2)25-19-24(33(40)34-14-16-36)29-23-17-21(20-37)18-27(42-3)31(23)43-32(29)30(25)39/h4,8-11,17-19,25,29-30,32,36-37,39H,1,5-7,12-16,20H2,2-3H3,(H,34,40)/t25-,29+,30+,32+/m1/s1. The predicted molar refractivity (Wildman–Crippen MR) is 161 cm³/mol. The number of amides is 2. The summed E-state index contributed by atoms with van der Waals surface area (Å²) in [5.74, 6) is 0.190. The summed E-state index contributed by atoms with van der Waals surface area (Å²) in [6, 6.07) is 10.1. The normalized spacial score (nSPS) is 20.3. The maximum atomic E-state index is 13.8. The van der Waals surface area contributed by atoms with Gasteiger partial charge >= 0.3 is 0 Å². The van der Waals surface area contributed by atoms with Crippen molar-refractivity contribution >= 4 is 11.8 Å². The van der Waals surface area contributed by atoms with E-state index in [0.29, 0.717) is 46.8 Å². The zero-order chi connectivity index (χ0) is 30.9. The van der Waals surface area contributed by atoms with Gasteiger partial charge in [0.15, 0.2) is 11.5 Å². The zero-order valence-corrected chi connectivity index (χ0v) is 24.8. The number of nitrogens with one attached hydrogen (secondary N) is 1. The molecule has 10 nitrogen and oxygen atoms in total. The number of fused-ring (bicyclic) bond motifs is 3. The lowest BCUT2D eigenvalue weighted by Crippen LogP contribution is -2.56. The Morgan fingerprint density at radius 2 is 1.88 bits per heavy atom. The summed E-state index contributed by atoms with van der Waals surface area (Å²) < 4.78 is 17.4. The number of aliphatic hydroxyl groups is 3. The van der Waals surface area contributed by atoms with E-state index in [9.17, 15) is 24.9 Å². The predicted octanol–water partition coefficient (Wildman–Crippen LogP) is 2.64. The molecule has 0 bridgehead atoms. The van der Waals surface area contributed by atoms with Crippen molar-refractivity contribution in [3.8, 4) is 17.2 Å². The third kappa shape index (κ3) is 7.04. The molecule has 1 aliphatic heterocycles. The molecule has 4 rings (SSSR count). The van der Waals surface area contributed by atoms with Crippen molar-refractivity contribution in [2.24, 2.45) is 0 Å². The molecule has 0 unspecified atom stereocenters. The molecule has 2 aliphatic rings. The second-order valence-corrected chi connectivity index (χ2v) is 10.7. The highest BCUT2D eigenvalue weighted by atomic mass is 16.5. The van der Waals surface area contributed by atoms with Crippen molar-refractivity contribution in [3.05, 3.63) is 77.4 Å². The number of unbranched alkanes of at least 4 members (excludes halogenated alkanes) is 2. The molecule has 0 aromatic heterocycles. The van der Waals surface area contributed by atoms with Crippen molar-refractivity contribution in [2.45, 2.75) is 62.9 Å². The van der Waals surface area contributed by atoms with Crippen LogP contribution in [0.15, 0.2) is 60.7 Å². The summed E-state index contributed by atoms with van der Waals surface area (Å²) in [5, 5.41) is 33.8. The number of rotatable bonds is 15. The average molecular weight is 595 g/mol. The lowest BCUT2D eigenvalue weighted by Gasteiger charge is -2.41. The lowest BCUT2D eigenvalue weighted by atomic mass is 9.77. The number of nitrogens with zero attached hydrogens (tertiary/aromatic N) is 1. The van der Waals surface area contributed by atoms with E-state index in [2.05, 4.69) is 11.9 Å². The van der Waals surface area contributed by atoms with E-state index in [1.807, 2.05) is 30.3 Å². The second-order valence-electron chi connectivity index (χ2n) is 10.7. The molecule has 0 fully saturated rings. The summed E-state index contributed by atoms with van der Waals surface area (Å²) >= 11 is 0. The number of aliphatic hydroxyl groups excluding tert-OH is 3. The van der Waals surface area contributed by atoms with Gasteiger partial charge in [-0.1, -0.05) is 24.3 Å². The fourth-order valence-electron chi connectivity index (χ4n) is 5.92. The third-order valence-electron chi connectivity index (χ3n) is 8.04. The molecule has 0 saturated carbocycles. The number of carbonyl (C=O) groups excluding carboxylic acids is 2. The summed E-state index contributed by atoms with van der Waals surface area (Å²) in [4.78, 5) is 28.9. The smallest absolute Gasteiger partial charge is 0.247 e. The van der Waals surface area contributed by atoms with Crippen molar-refractivity contribution in [2.75, 3.05) is 33.9 Å². The Kier molecular flexibility index (Phi) is 11.2. The van der Waals surface area contributed by atoms with E-state index in [0.717, 1.165) is 18.4 Å². The van der Waals surface area contributed by atoms with Crippen LogP contribution in [0.4, 0.5) is 0 Å². The molecule has 0 radical (unpaired) electrons. The van der Waals surface area contributed by atoms with E-state index < -0.39 is 30.1 Å². The largest absolute Gasteiger partial charge is 0.496 e. The number of ether oxygens (including phenoxy) is 3. The quantitative estimate of drug-likeness (QED) is 0.183. The van der Waals surface area contributed by atoms with Gasteiger partial charge in [-0.3, -0.25) is 9.59 Å². The Balaban J connectivity index is 1.75. The number of benzene rings is 2. The molecular weight excluding hydrogens is 552 g/mol. The number of allylic oxidation sites excluding steroid dienone is 1. The Morgan fingerprint density at radius 3 is 2.58 bits per heavy atom. The van der Waals surface area contributed by atoms with Crippen LogP contribution in [0.1, 0.15) is 48.3 Å². The Labute approximate surface area is 252 Å². The van der Waals surface area contributed by atoms with Crippen LogP contribution in [0.5, 0.6) is 17.2 Å². The van der Waals surface area contributed by atoms with Crippen LogP contribution in [0, 0.1) is 0 Å². The van der Waals surface area contributed by atoms with Gasteiger partial charge in [-0.15, -0.1) is 6.58 Å². The molecule has 0 spiro atoms. The SMILES string of the molecule is C=CCCCCC(=O)N(CCc1ccccc1OC)[C@@H]1C=C(C(=O)NCCO)[C@@H]2c3cc(CO)cc(OC)c3O[C@@H]2[C@H]1O. The van der Waals surface area contributed by atoms with E-state index in [4.69, 9.17) is 14.2 Å². The van der Waals surface area contributed by atoms with E-state index in [-0.39, 0.29) is 38.6 Å². The minimum atomic E-state index is -1.18. The maximum absolute atomic E-state index is 13.8. The molecule has 1 aliphatic carbocycles. The van der Waals surface area contributed by atoms with Crippen molar-refractivity contribution < 1.29 is 39.1 Å². The first-order valence-electron chi connectivity index (χ1n) is 14.7. The first-order chi connectivity index (χ1) is 20.9. The highest BCUT2D eigenvalue weighted by molar-refractivity contribution is 5.96. The number of carbonyl (C=O) groups is 2. The first-order valence-corrected chi connectivity index (χ1v) is 14.7. The molecule has 232 valence electrons. The third-order valence-corrected chi connectivity index (χ3v) is 8.04. The van der Waals surface area contributed by atoms with Gasteiger partial charge < -0.3 is 39.7 Å².